The van der Waals surface area contributed by atoms with Gasteiger partial charge in [-0.15, -0.1) is 10.2 Å². The predicted octanol–water partition coefficient (Wildman–Crippen LogP) is 5.62. The third kappa shape index (κ3) is 5.33. The maximum absolute atomic E-state index is 13.2. The monoisotopic (exact) mass is 539 g/mol. The van der Waals surface area contributed by atoms with E-state index in [0.29, 0.717) is 17.8 Å². The molecule has 0 spiro atoms. The van der Waals surface area contributed by atoms with Gasteiger partial charge in [-0.25, -0.2) is 4.79 Å². The molecule has 1 aliphatic rings. The number of aromatic nitrogens is 2. The number of hydrogen-bond acceptors (Lipinski definition) is 5. The van der Waals surface area contributed by atoms with Gasteiger partial charge in [0.25, 0.3) is 0 Å². The minimum Gasteiger partial charge on any atom is -0.312 e. The van der Waals surface area contributed by atoms with Gasteiger partial charge in [-0.05, 0) is 37.1 Å². The molecule has 1 aromatic heterocycles. The Morgan fingerprint density at radius 2 is 1.88 bits per heavy atom. The van der Waals surface area contributed by atoms with Crippen LogP contribution in [-0.2, 0) is 11.0 Å². The lowest BCUT2D eigenvalue weighted by Crippen LogP contribution is -2.45. The maximum Gasteiger partial charge on any atom is 0.418 e. The van der Waals surface area contributed by atoms with Crippen molar-refractivity contribution in [1.82, 2.24) is 15.1 Å². The second-order valence-electron chi connectivity index (χ2n) is 7.24. The first-order valence-corrected chi connectivity index (χ1v) is 11.5. The molecule has 0 unspecified atom stereocenters. The molecule has 1 fully saturated rings. The highest BCUT2D eigenvalue weighted by Gasteiger charge is 2.37. The first-order chi connectivity index (χ1) is 15.7. The summed E-state index contributed by atoms with van der Waals surface area (Å²) in [7, 11) is 0. The number of rotatable bonds is 4. The summed E-state index contributed by atoms with van der Waals surface area (Å²) < 4.78 is 40.6. The number of carbonyl (C=O) groups is 2. The van der Waals surface area contributed by atoms with E-state index in [4.69, 9.17) is 0 Å². The average Bonchev–Trinajstić information content (AvgIpc) is 3.43. The van der Waals surface area contributed by atoms with Gasteiger partial charge < -0.3 is 10.2 Å². The van der Waals surface area contributed by atoms with Crippen LogP contribution in [0, 0.1) is 0 Å². The number of para-hydroxylation sites is 1. The van der Waals surface area contributed by atoms with Gasteiger partial charge in [-0.2, -0.15) is 13.2 Å². The number of urea groups is 1. The standard InChI is InChI=1S/C21H17BrF3N5O2S/c22-13-6-3-5-12(11-13)18-28-29-19(33-18)27-17(31)16-9-4-10-30(16)20(32)26-15-8-2-1-7-14(15)21(23,24)25/h1-3,5-8,11,16H,4,9-10H2,(H,26,32)(H,27,29,31)/t16-/m0/s1. The zero-order valence-electron chi connectivity index (χ0n) is 16.9. The second kappa shape index (κ2) is 9.48. The number of amides is 3. The number of alkyl halides is 3. The molecule has 1 atom stereocenters. The van der Waals surface area contributed by atoms with Gasteiger partial charge in [-0.3, -0.25) is 10.1 Å². The highest BCUT2D eigenvalue weighted by molar-refractivity contribution is 9.10. The van der Waals surface area contributed by atoms with Crippen LogP contribution < -0.4 is 10.6 Å². The molecule has 2 aromatic carbocycles. The van der Waals surface area contributed by atoms with E-state index in [-0.39, 0.29) is 17.4 Å². The number of benzene rings is 2. The largest absolute Gasteiger partial charge is 0.418 e. The van der Waals surface area contributed by atoms with Crippen LogP contribution in [0.1, 0.15) is 18.4 Å². The lowest BCUT2D eigenvalue weighted by atomic mass is 10.1. The molecule has 3 aromatic rings. The molecule has 12 heteroatoms. The van der Waals surface area contributed by atoms with Crippen LogP contribution >= 0.6 is 27.3 Å². The summed E-state index contributed by atoms with van der Waals surface area (Å²) in [5.74, 6) is -0.469. The minimum atomic E-state index is -4.62. The van der Waals surface area contributed by atoms with Crippen molar-refractivity contribution in [3.63, 3.8) is 0 Å². The van der Waals surface area contributed by atoms with E-state index in [1.54, 1.807) is 0 Å². The lowest BCUT2D eigenvalue weighted by molar-refractivity contribution is -0.137. The summed E-state index contributed by atoms with van der Waals surface area (Å²) >= 11 is 4.57. The Labute approximate surface area is 199 Å². The first kappa shape index (κ1) is 23.2. The zero-order chi connectivity index (χ0) is 23.6. The van der Waals surface area contributed by atoms with Crippen molar-refractivity contribution >= 4 is 50.0 Å². The Morgan fingerprint density at radius 1 is 1.09 bits per heavy atom. The molecule has 0 bridgehead atoms. The van der Waals surface area contributed by atoms with Crippen molar-refractivity contribution in [2.45, 2.75) is 25.1 Å². The molecule has 0 aliphatic carbocycles. The summed E-state index contributed by atoms with van der Waals surface area (Å²) in [5, 5.41) is 13.9. The number of nitrogens with one attached hydrogen (secondary N) is 2. The molecule has 2 N–H and O–H groups in total. The van der Waals surface area contributed by atoms with Crippen molar-refractivity contribution in [2.24, 2.45) is 0 Å². The van der Waals surface area contributed by atoms with Gasteiger partial charge in [0.2, 0.25) is 11.0 Å². The quantitative estimate of drug-likeness (QED) is 0.450. The summed E-state index contributed by atoms with van der Waals surface area (Å²) in [5.41, 5.74) is -0.482. The van der Waals surface area contributed by atoms with E-state index in [1.165, 1.54) is 34.4 Å². The molecule has 4 rings (SSSR count). The van der Waals surface area contributed by atoms with Crippen molar-refractivity contribution in [3.05, 3.63) is 58.6 Å². The fourth-order valence-corrected chi connectivity index (χ4v) is 4.65. The van der Waals surface area contributed by atoms with E-state index < -0.39 is 29.7 Å². The van der Waals surface area contributed by atoms with Gasteiger partial charge in [0.1, 0.15) is 11.0 Å². The van der Waals surface area contributed by atoms with Crippen molar-refractivity contribution in [1.29, 1.82) is 0 Å². The lowest BCUT2D eigenvalue weighted by Gasteiger charge is -2.24. The van der Waals surface area contributed by atoms with Crippen LogP contribution in [0.15, 0.2) is 53.0 Å². The number of likely N-dealkylation sites (tertiary alicyclic amines) is 1. The van der Waals surface area contributed by atoms with Gasteiger partial charge >= 0.3 is 12.2 Å². The second-order valence-corrected chi connectivity index (χ2v) is 9.13. The SMILES string of the molecule is O=C(Nc1nnc(-c2cccc(Br)c2)s1)[C@@H]1CCCN1C(=O)Nc1ccccc1C(F)(F)F. The Bertz CT molecular complexity index is 1190. The molecular weight excluding hydrogens is 523 g/mol. The topological polar surface area (TPSA) is 87.2 Å². The fourth-order valence-electron chi connectivity index (χ4n) is 3.51. The summed E-state index contributed by atoms with van der Waals surface area (Å²) in [6.45, 7) is 0.248. The van der Waals surface area contributed by atoms with Crippen molar-refractivity contribution in [3.8, 4) is 10.6 Å². The Morgan fingerprint density at radius 3 is 2.64 bits per heavy atom. The number of halogens is 4. The number of hydrogen-bond donors (Lipinski definition) is 2. The Hall–Kier alpha value is -2.99. The van der Waals surface area contributed by atoms with E-state index in [1.807, 2.05) is 24.3 Å². The number of anilines is 2. The van der Waals surface area contributed by atoms with E-state index in [9.17, 15) is 22.8 Å². The van der Waals surface area contributed by atoms with Gasteiger partial charge in [0, 0.05) is 16.6 Å². The van der Waals surface area contributed by atoms with Crippen LogP contribution in [0.5, 0.6) is 0 Å². The highest BCUT2D eigenvalue weighted by Crippen LogP contribution is 2.35. The summed E-state index contributed by atoms with van der Waals surface area (Å²) in [6, 6.07) is 10.6. The molecule has 1 saturated heterocycles. The van der Waals surface area contributed by atoms with Crippen LogP contribution in [0.3, 0.4) is 0 Å². The van der Waals surface area contributed by atoms with Crippen LogP contribution in [-0.4, -0.2) is 39.6 Å². The molecule has 0 saturated carbocycles. The molecule has 2 heterocycles. The first-order valence-electron chi connectivity index (χ1n) is 9.86. The third-order valence-corrected chi connectivity index (χ3v) is 6.40. The summed E-state index contributed by atoms with van der Waals surface area (Å²) in [4.78, 5) is 26.8. The van der Waals surface area contributed by atoms with Gasteiger partial charge in [0.15, 0.2) is 0 Å². The Balaban J connectivity index is 1.44. The average molecular weight is 540 g/mol. The van der Waals surface area contributed by atoms with Gasteiger partial charge in [-0.1, -0.05) is 51.5 Å². The summed E-state index contributed by atoms with van der Waals surface area (Å²) in [6.07, 6.45) is -3.68. The molecule has 172 valence electrons. The molecule has 33 heavy (non-hydrogen) atoms. The molecule has 7 nitrogen and oxygen atoms in total. The van der Waals surface area contributed by atoms with E-state index >= 15 is 0 Å². The smallest absolute Gasteiger partial charge is 0.312 e. The van der Waals surface area contributed by atoms with Crippen LogP contribution in [0.4, 0.5) is 28.8 Å². The Kier molecular flexibility index (Phi) is 6.66. The van der Waals surface area contributed by atoms with Crippen molar-refractivity contribution < 1.29 is 22.8 Å². The molecular formula is C21H17BrF3N5O2S. The van der Waals surface area contributed by atoms with Crippen LogP contribution in [0.2, 0.25) is 0 Å². The highest BCUT2D eigenvalue weighted by atomic mass is 79.9. The predicted molar refractivity (Wildman–Crippen MR) is 122 cm³/mol. The van der Waals surface area contributed by atoms with E-state index in [0.717, 1.165) is 16.1 Å². The van der Waals surface area contributed by atoms with E-state index in [2.05, 4.69) is 36.8 Å². The molecule has 1 aliphatic heterocycles. The minimum absolute atomic E-state index is 0.248. The maximum atomic E-state index is 13.2. The van der Waals surface area contributed by atoms with Crippen molar-refractivity contribution in [2.75, 3.05) is 17.2 Å². The number of nitrogens with zero attached hydrogens (tertiary/aromatic N) is 3. The third-order valence-electron chi connectivity index (χ3n) is 5.02. The zero-order valence-corrected chi connectivity index (χ0v) is 19.3. The molecule has 0 radical (unpaired) electrons. The number of carbonyl (C=O) groups excluding carboxylic acids is 2. The fraction of sp³-hybridized carbons (Fsp3) is 0.238. The normalized spacial score (nSPS) is 16.0. The molecule has 3 amide bonds. The van der Waals surface area contributed by atoms with Gasteiger partial charge in [0.05, 0.1) is 11.3 Å². The van der Waals surface area contributed by atoms with Crippen LogP contribution in [0.25, 0.3) is 10.6 Å².